The zero-order valence-electron chi connectivity index (χ0n) is 27.9. The molecular formula is C34H45F5N4O2S. The number of aromatic nitrogens is 2. The quantitative estimate of drug-likeness (QED) is 0.199. The number of aryl methyl sites for hydroxylation is 2. The number of fused-ring (bicyclic) bond motifs is 2. The van der Waals surface area contributed by atoms with Crippen molar-refractivity contribution in [3.63, 3.8) is 0 Å². The molecule has 0 radical (unpaired) electrons. The van der Waals surface area contributed by atoms with E-state index in [1.807, 2.05) is 40.7 Å². The first-order valence-electron chi connectivity index (χ1n) is 15.0. The highest BCUT2D eigenvalue weighted by molar-refractivity contribution is 7.18. The maximum atomic E-state index is 14.2. The SMILES string of the molecule is C/C=C/NCC(c1cc2c(c(-c3ccc(F)cc3)n1)OCC2F)C(F)(F)F.CC.CC.CN.COc1cc(C)cc2sc(C)nc12. The average molecular weight is 669 g/mol. The van der Waals surface area contributed by atoms with E-state index in [4.69, 9.17) is 9.47 Å². The molecule has 2 aromatic carbocycles. The number of nitrogens with zero attached hydrogens (tertiary/aromatic N) is 2. The number of rotatable bonds is 6. The van der Waals surface area contributed by atoms with Crippen molar-refractivity contribution in [1.82, 2.24) is 15.3 Å². The van der Waals surface area contributed by atoms with Crippen LogP contribution in [0.4, 0.5) is 22.0 Å². The summed E-state index contributed by atoms with van der Waals surface area (Å²) in [6, 6.07) is 10.3. The summed E-state index contributed by atoms with van der Waals surface area (Å²) in [5, 5.41) is 3.65. The molecule has 5 rings (SSSR count). The third-order valence-electron chi connectivity index (χ3n) is 6.14. The fourth-order valence-corrected chi connectivity index (χ4v) is 5.22. The molecule has 6 nitrogen and oxygen atoms in total. The van der Waals surface area contributed by atoms with Crippen LogP contribution in [-0.4, -0.2) is 43.5 Å². The average Bonchev–Trinajstić information content (AvgIpc) is 3.62. The lowest BCUT2D eigenvalue weighted by Gasteiger charge is -2.21. The molecule has 0 amide bonds. The number of allylic oxidation sites excluding steroid dienone is 1. The van der Waals surface area contributed by atoms with Gasteiger partial charge in [-0.1, -0.05) is 33.8 Å². The molecule has 2 atom stereocenters. The van der Waals surface area contributed by atoms with Crippen molar-refractivity contribution in [2.75, 3.05) is 27.3 Å². The van der Waals surface area contributed by atoms with E-state index in [1.54, 1.807) is 31.4 Å². The van der Waals surface area contributed by atoms with Gasteiger partial charge in [0.15, 0.2) is 11.9 Å². The summed E-state index contributed by atoms with van der Waals surface area (Å²) in [6.07, 6.45) is -3.16. The van der Waals surface area contributed by atoms with Crippen LogP contribution in [0.5, 0.6) is 11.5 Å². The van der Waals surface area contributed by atoms with Gasteiger partial charge in [-0.15, -0.1) is 11.3 Å². The normalized spacial score (nSPS) is 13.8. The third-order valence-corrected chi connectivity index (χ3v) is 7.06. The van der Waals surface area contributed by atoms with E-state index in [-0.39, 0.29) is 29.3 Å². The van der Waals surface area contributed by atoms with Gasteiger partial charge >= 0.3 is 6.18 Å². The van der Waals surface area contributed by atoms with Crippen LogP contribution in [-0.2, 0) is 0 Å². The van der Waals surface area contributed by atoms with Crippen LogP contribution in [0, 0.1) is 19.7 Å². The van der Waals surface area contributed by atoms with E-state index in [9.17, 15) is 22.0 Å². The number of hydrogen-bond donors (Lipinski definition) is 2. The second-order valence-corrected chi connectivity index (χ2v) is 10.4. The van der Waals surface area contributed by atoms with Crippen molar-refractivity contribution in [3.05, 3.63) is 82.4 Å². The van der Waals surface area contributed by atoms with Gasteiger partial charge in [0.2, 0.25) is 0 Å². The van der Waals surface area contributed by atoms with E-state index < -0.39 is 30.6 Å². The first kappa shape index (κ1) is 40.3. The fourth-order valence-electron chi connectivity index (χ4n) is 4.27. The van der Waals surface area contributed by atoms with E-state index in [2.05, 4.69) is 34.0 Å². The van der Waals surface area contributed by atoms with Gasteiger partial charge in [-0.2, -0.15) is 13.2 Å². The molecule has 0 saturated carbocycles. The molecular weight excluding hydrogens is 623 g/mol. The Balaban J connectivity index is 0.000000464. The summed E-state index contributed by atoms with van der Waals surface area (Å²) in [7, 11) is 3.18. The predicted molar refractivity (Wildman–Crippen MR) is 179 cm³/mol. The number of alkyl halides is 4. The lowest BCUT2D eigenvalue weighted by molar-refractivity contribution is -0.149. The van der Waals surface area contributed by atoms with Gasteiger partial charge in [-0.05, 0) is 82.0 Å². The minimum atomic E-state index is -4.58. The number of hydrogen-bond acceptors (Lipinski definition) is 7. The van der Waals surface area contributed by atoms with Crippen molar-refractivity contribution in [3.8, 4) is 22.8 Å². The van der Waals surface area contributed by atoms with Crippen LogP contribution >= 0.6 is 11.3 Å². The van der Waals surface area contributed by atoms with E-state index >= 15 is 0 Å². The van der Waals surface area contributed by atoms with Gasteiger partial charge in [0.1, 0.15) is 35.3 Å². The molecule has 12 heteroatoms. The highest BCUT2D eigenvalue weighted by atomic mass is 32.1. The van der Waals surface area contributed by atoms with Crippen molar-refractivity contribution in [1.29, 1.82) is 0 Å². The van der Waals surface area contributed by atoms with E-state index in [0.717, 1.165) is 34.5 Å². The molecule has 0 saturated heterocycles. The highest BCUT2D eigenvalue weighted by Gasteiger charge is 2.43. The maximum absolute atomic E-state index is 14.2. The molecule has 4 aromatic rings. The largest absolute Gasteiger partial charge is 0.494 e. The van der Waals surface area contributed by atoms with Crippen molar-refractivity contribution < 1.29 is 31.4 Å². The van der Waals surface area contributed by atoms with Crippen LogP contribution < -0.4 is 20.5 Å². The number of thiazole rings is 1. The van der Waals surface area contributed by atoms with Crippen molar-refractivity contribution in [2.45, 2.75) is 66.7 Å². The summed E-state index contributed by atoms with van der Waals surface area (Å²) in [5.74, 6) is -1.47. The number of benzene rings is 2. The minimum Gasteiger partial charge on any atom is -0.494 e. The molecule has 3 heterocycles. The zero-order valence-corrected chi connectivity index (χ0v) is 28.7. The Labute approximate surface area is 272 Å². The third kappa shape index (κ3) is 10.7. The summed E-state index contributed by atoms with van der Waals surface area (Å²) in [5.41, 5.74) is 6.84. The molecule has 2 aromatic heterocycles. The monoisotopic (exact) mass is 668 g/mol. The number of nitrogens with one attached hydrogen (secondary N) is 1. The van der Waals surface area contributed by atoms with Crippen molar-refractivity contribution in [2.24, 2.45) is 5.73 Å². The van der Waals surface area contributed by atoms with Crippen LogP contribution in [0.3, 0.4) is 0 Å². The summed E-state index contributed by atoms with van der Waals surface area (Å²) in [4.78, 5) is 8.54. The molecule has 254 valence electrons. The highest BCUT2D eigenvalue weighted by Crippen LogP contribution is 2.44. The summed E-state index contributed by atoms with van der Waals surface area (Å²) >= 11 is 1.70. The summed E-state index contributed by atoms with van der Waals surface area (Å²) < 4.78 is 79.9. The van der Waals surface area contributed by atoms with Gasteiger partial charge in [0.05, 0.1) is 22.5 Å². The number of nitrogens with two attached hydrogens (primary N) is 1. The standard InChI is InChI=1S/C19H17F5N2O.C10H11NOS.2C2H6.CH5N/c1-2-7-25-9-14(19(22,23)24)16-8-13-15(21)10-27-18(13)17(26-16)11-3-5-12(20)6-4-11;1-6-4-8(12-3)10-9(5-6)13-7(2)11-10;3*1-2/h2-8,14-15,25H,9-10H2,1H3;4-5H,1-3H3;2*1-2H3;2H2,1H3/b7-2+;;;;. The van der Waals surface area contributed by atoms with Gasteiger partial charge in [-0.3, -0.25) is 0 Å². The Morgan fingerprint density at radius 2 is 1.70 bits per heavy atom. The van der Waals surface area contributed by atoms with Gasteiger partial charge < -0.3 is 20.5 Å². The predicted octanol–water partition coefficient (Wildman–Crippen LogP) is 9.61. The molecule has 0 bridgehead atoms. The van der Waals surface area contributed by atoms with Crippen LogP contribution in [0.1, 0.15) is 68.5 Å². The summed E-state index contributed by atoms with van der Waals surface area (Å²) in [6.45, 7) is 13.0. The molecule has 0 spiro atoms. The second-order valence-electron chi connectivity index (χ2n) is 9.15. The minimum absolute atomic E-state index is 0.0274. The van der Waals surface area contributed by atoms with Gasteiger partial charge in [0, 0.05) is 17.7 Å². The van der Waals surface area contributed by atoms with E-state index in [0.29, 0.717) is 5.56 Å². The Morgan fingerprint density at radius 3 is 2.26 bits per heavy atom. The van der Waals surface area contributed by atoms with Crippen LogP contribution in [0.25, 0.3) is 21.5 Å². The smallest absolute Gasteiger partial charge is 0.398 e. The first-order chi connectivity index (χ1) is 22.0. The Hall–Kier alpha value is -3.77. The molecule has 2 unspecified atom stereocenters. The molecule has 46 heavy (non-hydrogen) atoms. The second kappa shape index (κ2) is 19.7. The van der Waals surface area contributed by atoms with Crippen LogP contribution in [0.2, 0.25) is 0 Å². The molecule has 1 aliphatic heterocycles. The Bertz CT molecular complexity index is 1510. The number of pyridine rings is 1. The molecule has 3 N–H and O–H groups in total. The topological polar surface area (TPSA) is 82.3 Å². The number of methoxy groups -OCH3 is 1. The lowest BCUT2D eigenvalue weighted by atomic mass is 9.98. The lowest BCUT2D eigenvalue weighted by Crippen LogP contribution is -2.30. The van der Waals surface area contributed by atoms with Crippen molar-refractivity contribution >= 4 is 21.6 Å². The molecule has 1 aliphatic rings. The fraction of sp³-hybridized carbons (Fsp3) is 0.412. The molecule has 0 fully saturated rings. The van der Waals surface area contributed by atoms with Crippen LogP contribution in [0.15, 0.2) is 54.7 Å². The number of halogens is 5. The maximum Gasteiger partial charge on any atom is 0.398 e. The van der Waals surface area contributed by atoms with E-state index in [1.165, 1.54) is 35.6 Å². The molecule has 0 aliphatic carbocycles. The first-order valence-corrected chi connectivity index (χ1v) is 15.8. The van der Waals surface area contributed by atoms with Gasteiger partial charge in [0.25, 0.3) is 0 Å². The Kier molecular flexibility index (Phi) is 17.2. The van der Waals surface area contributed by atoms with Gasteiger partial charge in [-0.25, -0.2) is 18.7 Å². The number of ether oxygens (including phenoxy) is 2. The Morgan fingerprint density at radius 1 is 1.07 bits per heavy atom. The zero-order chi connectivity index (χ0) is 35.0.